The molecule has 4 aromatic carbocycles. The van der Waals surface area contributed by atoms with Gasteiger partial charge in [-0.25, -0.2) is 0 Å². The van der Waals surface area contributed by atoms with Crippen LogP contribution in [-0.2, 0) is 4.57 Å². The summed E-state index contributed by atoms with van der Waals surface area (Å²) in [5.74, 6) is 0. The van der Waals surface area contributed by atoms with Crippen LogP contribution in [0.15, 0.2) is 108 Å². The Balaban J connectivity index is 1.93. The molecule has 1 aromatic heterocycles. The van der Waals surface area contributed by atoms with Crippen LogP contribution in [0.1, 0.15) is 5.56 Å². The van der Waals surface area contributed by atoms with E-state index >= 15 is 4.57 Å². The Morgan fingerprint density at radius 2 is 1.27 bits per heavy atom. The minimum absolute atomic E-state index is 0.862. The van der Waals surface area contributed by atoms with Gasteiger partial charge in [-0.15, -0.1) is 0 Å². The number of hydrogen-bond donors (Lipinski definition) is 0. The van der Waals surface area contributed by atoms with E-state index in [0.717, 1.165) is 32.2 Å². The van der Waals surface area contributed by atoms with E-state index in [9.17, 15) is 0 Å². The summed E-state index contributed by atoms with van der Waals surface area (Å²) in [7, 11) is -3.07. The fraction of sp³-hybridized carbons (Fsp3) is 0.0370. The molecular formula is C27H21OPS. The van der Waals surface area contributed by atoms with Gasteiger partial charge < -0.3 is 4.57 Å². The van der Waals surface area contributed by atoms with Crippen LogP contribution in [0, 0.1) is 6.92 Å². The lowest BCUT2D eigenvalue weighted by Gasteiger charge is -2.23. The monoisotopic (exact) mass is 424 g/mol. The fourth-order valence-electron chi connectivity index (χ4n) is 4.18. The summed E-state index contributed by atoms with van der Waals surface area (Å²) in [5.41, 5.74) is 3.55. The van der Waals surface area contributed by atoms with Gasteiger partial charge in [0.1, 0.15) is 0 Å². The zero-order valence-corrected chi connectivity index (χ0v) is 18.4. The number of rotatable bonds is 4. The van der Waals surface area contributed by atoms with E-state index in [1.165, 1.54) is 11.1 Å². The Labute approximate surface area is 181 Å². The zero-order valence-electron chi connectivity index (χ0n) is 16.7. The van der Waals surface area contributed by atoms with Gasteiger partial charge in [-0.1, -0.05) is 84.9 Å². The molecule has 30 heavy (non-hydrogen) atoms. The normalized spacial score (nSPS) is 11.6. The predicted molar refractivity (Wildman–Crippen MR) is 131 cm³/mol. The second-order valence-corrected chi connectivity index (χ2v) is 10.9. The van der Waals surface area contributed by atoms with Crippen LogP contribution in [0.4, 0.5) is 0 Å². The van der Waals surface area contributed by atoms with Crippen molar-refractivity contribution >= 4 is 45.2 Å². The quantitative estimate of drug-likeness (QED) is 0.300. The molecule has 0 atom stereocenters. The van der Waals surface area contributed by atoms with Crippen molar-refractivity contribution in [3.8, 4) is 11.1 Å². The minimum atomic E-state index is -3.07. The largest absolute Gasteiger partial charge is 0.309 e. The second kappa shape index (κ2) is 7.72. The molecule has 0 aliphatic heterocycles. The van der Waals surface area contributed by atoms with Gasteiger partial charge in [0.2, 0.25) is 0 Å². The zero-order chi connectivity index (χ0) is 20.6. The van der Waals surface area contributed by atoms with Crippen molar-refractivity contribution in [1.82, 2.24) is 0 Å². The number of hydrogen-bond acceptors (Lipinski definition) is 2. The van der Waals surface area contributed by atoms with Crippen LogP contribution in [0.2, 0.25) is 0 Å². The predicted octanol–water partition coefficient (Wildman–Crippen LogP) is 6.52. The van der Waals surface area contributed by atoms with Crippen molar-refractivity contribution in [2.45, 2.75) is 6.92 Å². The standard InChI is InChI=1S/C27H21OPS/c1-20-24-14-8-9-15-25(24)27(18-26(20)21-16-17-30-19-21)29(28,22-10-4-2-5-11-22)23-12-6-3-7-13-23/h2-19H,1H3. The van der Waals surface area contributed by atoms with Crippen molar-refractivity contribution in [3.63, 3.8) is 0 Å². The summed E-state index contributed by atoms with van der Waals surface area (Å²) >= 11 is 1.69. The van der Waals surface area contributed by atoms with Gasteiger partial charge in [0.05, 0.1) is 0 Å². The molecule has 0 aliphatic carbocycles. The number of fused-ring (bicyclic) bond motifs is 1. The van der Waals surface area contributed by atoms with E-state index in [0.29, 0.717) is 0 Å². The highest BCUT2D eigenvalue weighted by atomic mass is 32.1. The van der Waals surface area contributed by atoms with Crippen LogP contribution in [0.3, 0.4) is 0 Å². The first-order valence-electron chi connectivity index (χ1n) is 9.96. The topological polar surface area (TPSA) is 17.1 Å². The van der Waals surface area contributed by atoms with E-state index in [1.54, 1.807) is 11.3 Å². The average molecular weight is 425 g/mol. The van der Waals surface area contributed by atoms with Gasteiger partial charge in [0, 0.05) is 15.9 Å². The van der Waals surface area contributed by atoms with E-state index in [4.69, 9.17) is 0 Å². The molecule has 0 radical (unpaired) electrons. The summed E-state index contributed by atoms with van der Waals surface area (Å²) in [4.78, 5) is 0. The molecule has 5 aromatic rings. The molecule has 3 heteroatoms. The molecule has 1 heterocycles. The van der Waals surface area contributed by atoms with Crippen LogP contribution < -0.4 is 15.9 Å². The molecule has 0 bridgehead atoms. The van der Waals surface area contributed by atoms with Crippen molar-refractivity contribution in [2.24, 2.45) is 0 Å². The first-order valence-corrected chi connectivity index (χ1v) is 12.6. The average Bonchev–Trinajstić information content (AvgIpc) is 3.35. The molecule has 1 nitrogen and oxygen atoms in total. The number of benzene rings is 4. The highest BCUT2D eigenvalue weighted by Crippen LogP contribution is 2.46. The maximum absolute atomic E-state index is 15.1. The van der Waals surface area contributed by atoms with Gasteiger partial charge >= 0.3 is 0 Å². The first kappa shape index (κ1) is 19.1. The third-order valence-corrected chi connectivity index (χ3v) is 9.49. The highest BCUT2D eigenvalue weighted by molar-refractivity contribution is 7.85. The van der Waals surface area contributed by atoms with Crippen molar-refractivity contribution in [3.05, 3.63) is 113 Å². The van der Waals surface area contributed by atoms with E-state index in [2.05, 4.69) is 48.0 Å². The molecule has 0 saturated heterocycles. The Hall–Kier alpha value is -2.93. The molecule has 146 valence electrons. The lowest BCUT2D eigenvalue weighted by Crippen LogP contribution is -2.26. The van der Waals surface area contributed by atoms with Gasteiger partial charge in [-0.05, 0) is 57.3 Å². The second-order valence-electron chi connectivity index (χ2n) is 7.41. The molecule has 0 aliphatic rings. The van der Waals surface area contributed by atoms with E-state index in [-0.39, 0.29) is 0 Å². The van der Waals surface area contributed by atoms with Crippen LogP contribution in [0.5, 0.6) is 0 Å². The smallest absolute Gasteiger partial charge is 0.171 e. The Morgan fingerprint density at radius 1 is 0.700 bits per heavy atom. The first-order chi connectivity index (χ1) is 14.7. The Morgan fingerprint density at radius 3 is 1.83 bits per heavy atom. The third kappa shape index (κ3) is 3.04. The highest BCUT2D eigenvalue weighted by Gasteiger charge is 2.32. The summed E-state index contributed by atoms with van der Waals surface area (Å²) in [6, 6.07) is 32.5. The summed E-state index contributed by atoms with van der Waals surface area (Å²) in [6.07, 6.45) is 0. The molecule has 0 saturated carbocycles. The van der Waals surface area contributed by atoms with Crippen LogP contribution >= 0.6 is 18.5 Å². The molecule has 5 rings (SSSR count). The maximum Gasteiger partial charge on any atom is 0.171 e. The molecule has 0 amide bonds. The molecule has 0 spiro atoms. The van der Waals surface area contributed by atoms with Gasteiger partial charge in [0.25, 0.3) is 0 Å². The Bertz CT molecular complexity index is 1310. The molecule has 0 N–H and O–H groups in total. The molecule has 0 unspecified atom stereocenters. The summed E-state index contributed by atoms with van der Waals surface area (Å²) in [6.45, 7) is 2.16. The van der Waals surface area contributed by atoms with Gasteiger partial charge in [-0.2, -0.15) is 11.3 Å². The molecule has 0 fully saturated rings. The third-order valence-electron chi connectivity index (χ3n) is 5.70. The lowest BCUT2D eigenvalue weighted by molar-refractivity contribution is 0.592. The number of thiophene rings is 1. The Kier molecular flexibility index (Phi) is 4.90. The molecular weight excluding hydrogens is 403 g/mol. The van der Waals surface area contributed by atoms with E-state index < -0.39 is 7.14 Å². The minimum Gasteiger partial charge on any atom is -0.309 e. The number of aryl methyl sites for hydroxylation is 1. The lowest BCUT2D eigenvalue weighted by atomic mass is 9.97. The maximum atomic E-state index is 15.1. The summed E-state index contributed by atoms with van der Waals surface area (Å²) in [5, 5.41) is 9.10. The fourth-order valence-corrected chi connectivity index (χ4v) is 7.72. The van der Waals surface area contributed by atoms with Crippen molar-refractivity contribution in [1.29, 1.82) is 0 Å². The van der Waals surface area contributed by atoms with Crippen LogP contribution in [-0.4, -0.2) is 0 Å². The summed E-state index contributed by atoms with van der Waals surface area (Å²) < 4.78 is 15.1. The SMILES string of the molecule is Cc1c(-c2ccsc2)cc(P(=O)(c2ccccc2)c2ccccc2)c2ccccc12. The van der Waals surface area contributed by atoms with Crippen molar-refractivity contribution in [2.75, 3.05) is 0 Å². The van der Waals surface area contributed by atoms with Crippen LogP contribution in [0.25, 0.3) is 21.9 Å². The van der Waals surface area contributed by atoms with Gasteiger partial charge in [0.15, 0.2) is 7.14 Å². The van der Waals surface area contributed by atoms with E-state index in [1.807, 2.05) is 66.7 Å². The van der Waals surface area contributed by atoms with Gasteiger partial charge in [-0.3, -0.25) is 0 Å². The van der Waals surface area contributed by atoms with Crippen molar-refractivity contribution < 1.29 is 4.57 Å².